The van der Waals surface area contributed by atoms with Crippen LogP contribution in [-0.2, 0) is 4.74 Å². The van der Waals surface area contributed by atoms with Crippen molar-refractivity contribution in [2.45, 2.75) is 0 Å². The van der Waals surface area contributed by atoms with Gasteiger partial charge in [0.05, 0.1) is 13.2 Å². The van der Waals surface area contributed by atoms with Crippen molar-refractivity contribution in [3.8, 4) is 0 Å². The van der Waals surface area contributed by atoms with Crippen molar-refractivity contribution < 1.29 is 9.53 Å². The van der Waals surface area contributed by atoms with E-state index in [9.17, 15) is 4.79 Å². The molecule has 0 spiro atoms. The number of thiophene rings is 1. The molecule has 2 aromatic rings. The fourth-order valence-corrected chi connectivity index (χ4v) is 4.08. The van der Waals surface area contributed by atoms with Gasteiger partial charge in [0.25, 0.3) is 5.91 Å². The molecule has 0 bridgehead atoms. The van der Waals surface area contributed by atoms with Crippen LogP contribution in [0.15, 0.2) is 35.3 Å². The van der Waals surface area contributed by atoms with Gasteiger partial charge in [0.2, 0.25) is 5.95 Å². The number of nitrogens with zero attached hydrogens (tertiary/aromatic N) is 3. The maximum atomic E-state index is 12.2. The Kier molecular flexibility index (Phi) is 3.74. The van der Waals surface area contributed by atoms with Gasteiger partial charge >= 0.3 is 0 Å². The summed E-state index contributed by atoms with van der Waals surface area (Å²) in [5.41, 5.74) is 0.674. The lowest BCUT2D eigenvalue weighted by atomic mass is 9.81. The Morgan fingerprint density at radius 1 is 1.48 bits per heavy atom. The van der Waals surface area contributed by atoms with E-state index in [1.165, 1.54) is 11.3 Å². The van der Waals surface area contributed by atoms with Gasteiger partial charge in [-0.05, 0) is 17.5 Å². The number of hydrogen-bond donors (Lipinski definition) is 1. The maximum Gasteiger partial charge on any atom is 0.252 e. The van der Waals surface area contributed by atoms with Gasteiger partial charge in [-0.1, -0.05) is 0 Å². The summed E-state index contributed by atoms with van der Waals surface area (Å²) in [5, 5.41) is 6.87. The first-order valence-electron chi connectivity index (χ1n) is 7.67. The third kappa shape index (κ3) is 2.70. The number of nitrogens with one attached hydrogen (secondary N) is 1. The predicted molar refractivity (Wildman–Crippen MR) is 87.6 cm³/mol. The molecule has 1 amide bonds. The molecular weight excluding hydrogens is 312 g/mol. The minimum atomic E-state index is -0.0507. The second kappa shape index (κ2) is 5.90. The zero-order valence-corrected chi connectivity index (χ0v) is 13.5. The molecule has 0 aliphatic carbocycles. The van der Waals surface area contributed by atoms with Crippen molar-refractivity contribution in [3.63, 3.8) is 0 Å². The average molecular weight is 330 g/mol. The van der Waals surface area contributed by atoms with Crippen LogP contribution >= 0.6 is 11.3 Å². The van der Waals surface area contributed by atoms with Crippen molar-refractivity contribution >= 4 is 23.2 Å². The Hall–Kier alpha value is -1.99. The Bertz CT molecular complexity index is 679. The number of amides is 1. The fourth-order valence-electron chi connectivity index (χ4n) is 3.44. The summed E-state index contributed by atoms with van der Waals surface area (Å²) >= 11 is 1.53. The van der Waals surface area contributed by atoms with E-state index in [1.54, 1.807) is 12.4 Å². The van der Waals surface area contributed by atoms with Gasteiger partial charge < -0.3 is 15.0 Å². The van der Waals surface area contributed by atoms with Crippen LogP contribution in [0.25, 0.3) is 0 Å². The lowest BCUT2D eigenvalue weighted by molar-refractivity contribution is 0.0920. The van der Waals surface area contributed by atoms with Gasteiger partial charge in [0.1, 0.15) is 0 Å². The van der Waals surface area contributed by atoms with E-state index in [0.29, 0.717) is 19.1 Å². The lowest BCUT2D eigenvalue weighted by Gasteiger charge is -2.27. The molecule has 2 saturated heterocycles. The van der Waals surface area contributed by atoms with E-state index in [0.717, 1.165) is 31.2 Å². The van der Waals surface area contributed by atoms with E-state index >= 15 is 0 Å². The van der Waals surface area contributed by atoms with Gasteiger partial charge in [0, 0.05) is 54.3 Å². The summed E-state index contributed by atoms with van der Waals surface area (Å²) in [4.78, 5) is 23.1. The molecule has 0 saturated carbocycles. The fraction of sp³-hybridized carbons (Fsp3) is 0.438. The summed E-state index contributed by atoms with van der Waals surface area (Å²) in [7, 11) is 0. The van der Waals surface area contributed by atoms with Gasteiger partial charge in [-0.3, -0.25) is 4.79 Å². The number of rotatable bonds is 4. The van der Waals surface area contributed by atoms with Gasteiger partial charge in [-0.2, -0.15) is 11.3 Å². The minimum Gasteiger partial charge on any atom is -0.380 e. The zero-order chi connectivity index (χ0) is 15.7. The molecule has 1 N–H and O–H groups in total. The quantitative estimate of drug-likeness (QED) is 0.918. The summed E-state index contributed by atoms with van der Waals surface area (Å²) in [6.45, 7) is 3.71. The molecule has 4 heterocycles. The van der Waals surface area contributed by atoms with Gasteiger partial charge in [0.15, 0.2) is 0 Å². The first kappa shape index (κ1) is 14.6. The molecule has 2 aromatic heterocycles. The first-order valence-corrected chi connectivity index (χ1v) is 8.61. The van der Waals surface area contributed by atoms with Crippen molar-refractivity contribution in [2.75, 3.05) is 37.7 Å². The highest BCUT2D eigenvalue weighted by Crippen LogP contribution is 2.41. The topological polar surface area (TPSA) is 67.3 Å². The number of carbonyl (C=O) groups excluding carboxylic acids is 1. The zero-order valence-electron chi connectivity index (χ0n) is 12.6. The molecule has 120 valence electrons. The molecule has 2 aliphatic heterocycles. The van der Waals surface area contributed by atoms with Crippen molar-refractivity contribution in [1.29, 1.82) is 0 Å². The second-order valence-corrected chi connectivity index (χ2v) is 6.98. The number of ether oxygens (including phenoxy) is 1. The van der Waals surface area contributed by atoms with Crippen molar-refractivity contribution in [3.05, 3.63) is 40.8 Å². The Morgan fingerprint density at radius 2 is 2.35 bits per heavy atom. The summed E-state index contributed by atoms with van der Waals surface area (Å²) in [5.74, 6) is 1.14. The summed E-state index contributed by atoms with van der Waals surface area (Å²) in [6.07, 6.45) is 3.52. The van der Waals surface area contributed by atoms with E-state index in [2.05, 4.69) is 20.2 Å². The number of hydrogen-bond acceptors (Lipinski definition) is 6. The Morgan fingerprint density at radius 3 is 3.13 bits per heavy atom. The number of anilines is 1. The van der Waals surface area contributed by atoms with Crippen LogP contribution in [0, 0.1) is 11.3 Å². The van der Waals surface area contributed by atoms with Crippen LogP contribution in [0.3, 0.4) is 0 Å². The summed E-state index contributed by atoms with van der Waals surface area (Å²) in [6, 6.07) is 3.67. The minimum absolute atomic E-state index is 0.0133. The van der Waals surface area contributed by atoms with Crippen LogP contribution < -0.4 is 10.2 Å². The van der Waals surface area contributed by atoms with Crippen LogP contribution in [0.1, 0.15) is 10.4 Å². The van der Waals surface area contributed by atoms with Crippen LogP contribution in [0.2, 0.25) is 0 Å². The molecule has 4 rings (SSSR count). The van der Waals surface area contributed by atoms with Crippen LogP contribution in [0.4, 0.5) is 5.95 Å². The molecule has 23 heavy (non-hydrogen) atoms. The molecule has 2 atom stereocenters. The predicted octanol–water partition coefficient (Wildman–Crippen LogP) is 1.42. The normalized spacial score (nSPS) is 26.3. The number of fused-ring (bicyclic) bond motifs is 1. The molecule has 0 aromatic carbocycles. The molecule has 0 unspecified atom stereocenters. The maximum absolute atomic E-state index is 12.2. The lowest BCUT2D eigenvalue weighted by Crippen LogP contribution is -2.43. The molecule has 2 aliphatic rings. The van der Waals surface area contributed by atoms with Gasteiger partial charge in [-0.25, -0.2) is 9.97 Å². The average Bonchev–Trinajstić information content (AvgIpc) is 3.29. The van der Waals surface area contributed by atoms with E-state index in [1.807, 2.05) is 22.9 Å². The molecular formula is C16H18N4O2S. The molecule has 0 radical (unpaired) electrons. The van der Waals surface area contributed by atoms with E-state index in [-0.39, 0.29) is 11.3 Å². The highest BCUT2D eigenvalue weighted by Gasteiger charge is 2.51. The Labute approximate surface area is 138 Å². The highest BCUT2D eigenvalue weighted by atomic mass is 32.1. The number of aromatic nitrogens is 2. The smallest absolute Gasteiger partial charge is 0.252 e. The van der Waals surface area contributed by atoms with Crippen molar-refractivity contribution in [2.24, 2.45) is 11.3 Å². The number of carbonyl (C=O) groups is 1. The standard InChI is InChI=1S/C16H18N4O2S/c21-14(12-2-5-23-8-12)19-9-16-10-20(6-13(16)7-22-11-16)15-17-3-1-4-18-15/h1-5,8,13H,6-7,9-11H2,(H,19,21)/t13-,16+/m1/s1. The second-order valence-electron chi connectivity index (χ2n) is 6.20. The van der Waals surface area contributed by atoms with Crippen LogP contribution in [-0.4, -0.2) is 48.7 Å². The summed E-state index contributed by atoms with van der Waals surface area (Å²) < 4.78 is 5.71. The Balaban J connectivity index is 1.46. The van der Waals surface area contributed by atoms with Crippen LogP contribution in [0.5, 0.6) is 0 Å². The van der Waals surface area contributed by atoms with E-state index < -0.39 is 0 Å². The van der Waals surface area contributed by atoms with Gasteiger partial charge in [-0.15, -0.1) is 0 Å². The highest BCUT2D eigenvalue weighted by molar-refractivity contribution is 7.08. The molecule has 7 heteroatoms. The first-order chi connectivity index (χ1) is 11.3. The third-order valence-electron chi connectivity index (χ3n) is 4.74. The molecule has 6 nitrogen and oxygen atoms in total. The van der Waals surface area contributed by atoms with E-state index in [4.69, 9.17) is 4.74 Å². The SMILES string of the molecule is O=C(NC[C@]12COC[C@H]1CN(c1ncccn1)C2)c1ccsc1. The van der Waals surface area contributed by atoms with Crippen molar-refractivity contribution in [1.82, 2.24) is 15.3 Å². The third-order valence-corrected chi connectivity index (χ3v) is 5.42. The largest absolute Gasteiger partial charge is 0.380 e. The molecule has 2 fully saturated rings. The monoisotopic (exact) mass is 330 g/mol.